The number of benzene rings is 2. The highest BCUT2D eigenvalue weighted by Crippen LogP contribution is 2.39. The van der Waals surface area contributed by atoms with Gasteiger partial charge in [-0.1, -0.05) is 102 Å². The zero-order valence-electron chi connectivity index (χ0n) is 23.1. The van der Waals surface area contributed by atoms with Gasteiger partial charge < -0.3 is 19.0 Å². The van der Waals surface area contributed by atoms with E-state index in [-0.39, 0.29) is 23.3 Å². The molecule has 2 aromatic carbocycles. The molecule has 2 aliphatic rings. The molecule has 6 heteroatoms. The Morgan fingerprint density at radius 1 is 1.00 bits per heavy atom. The number of hydrogen-bond acceptors (Lipinski definition) is 5. The molecule has 1 aliphatic carbocycles. The molecule has 1 saturated carbocycles. The van der Waals surface area contributed by atoms with Gasteiger partial charge in [0.05, 0.1) is 12.7 Å². The summed E-state index contributed by atoms with van der Waals surface area (Å²) in [6.45, 7) is 11.1. The van der Waals surface area contributed by atoms with Crippen molar-refractivity contribution in [2.75, 3.05) is 13.2 Å². The summed E-state index contributed by atoms with van der Waals surface area (Å²) in [7, 11) is -2.71. The third-order valence-electron chi connectivity index (χ3n) is 8.31. The van der Waals surface area contributed by atoms with Gasteiger partial charge in [0.25, 0.3) is 8.32 Å². The molecule has 4 rings (SSSR count). The van der Waals surface area contributed by atoms with E-state index in [1.807, 2.05) is 26.0 Å². The first-order valence-electron chi connectivity index (χ1n) is 13.9. The average Bonchev–Trinajstić information content (AvgIpc) is 3.31. The van der Waals surface area contributed by atoms with Gasteiger partial charge in [0.1, 0.15) is 6.10 Å². The number of ether oxygens (including phenoxy) is 2. The van der Waals surface area contributed by atoms with Crippen molar-refractivity contribution < 1.29 is 23.8 Å². The monoisotopic (exact) mass is 524 g/mol. The van der Waals surface area contributed by atoms with Crippen LogP contribution in [0.4, 0.5) is 0 Å². The van der Waals surface area contributed by atoms with E-state index in [4.69, 9.17) is 13.9 Å². The minimum Gasteiger partial charge on any atom is -0.407 e. The molecule has 0 aromatic heterocycles. The van der Waals surface area contributed by atoms with E-state index in [9.17, 15) is 9.90 Å². The maximum Gasteiger partial charge on any atom is 0.261 e. The van der Waals surface area contributed by atoms with Crippen LogP contribution in [-0.4, -0.2) is 50.4 Å². The summed E-state index contributed by atoms with van der Waals surface area (Å²) in [6.07, 6.45) is 3.56. The van der Waals surface area contributed by atoms with Gasteiger partial charge in [-0.15, -0.1) is 0 Å². The number of aliphatic hydroxyl groups is 1. The Hall–Kier alpha value is -1.83. The molecule has 1 N–H and O–H groups in total. The second-order valence-corrected chi connectivity index (χ2v) is 16.3. The van der Waals surface area contributed by atoms with Gasteiger partial charge >= 0.3 is 0 Å². The zero-order chi connectivity index (χ0) is 26.7. The first-order valence-corrected chi connectivity index (χ1v) is 15.8. The molecule has 0 unspecified atom stereocenters. The number of carbonyl (C=O) groups is 1. The number of aliphatic hydroxyl groups excluding tert-OH is 1. The van der Waals surface area contributed by atoms with E-state index in [1.165, 1.54) is 16.8 Å². The predicted molar refractivity (Wildman–Crippen MR) is 150 cm³/mol. The third-order valence-corrected chi connectivity index (χ3v) is 13.3. The number of hydrogen-bond donors (Lipinski definition) is 1. The fraction of sp³-hybridized carbons (Fsp3) is 0.581. The Labute approximate surface area is 223 Å². The van der Waals surface area contributed by atoms with Crippen molar-refractivity contribution in [3.63, 3.8) is 0 Å². The summed E-state index contributed by atoms with van der Waals surface area (Å²) in [6, 6.07) is 21.0. The third kappa shape index (κ3) is 5.79. The van der Waals surface area contributed by atoms with E-state index in [0.717, 1.165) is 25.7 Å². The summed E-state index contributed by atoms with van der Waals surface area (Å²) in [5, 5.41) is 13.5. The van der Waals surface area contributed by atoms with Crippen molar-refractivity contribution >= 4 is 24.5 Å². The van der Waals surface area contributed by atoms with Gasteiger partial charge in [0.2, 0.25) is 0 Å². The molecular formula is C31H44O5Si. The van der Waals surface area contributed by atoms with Gasteiger partial charge in [-0.2, -0.15) is 0 Å². The van der Waals surface area contributed by atoms with Crippen LogP contribution in [0.25, 0.3) is 0 Å². The molecule has 1 aliphatic heterocycles. The zero-order valence-corrected chi connectivity index (χ0v) is 24.1. The largest absolute Gasteiger partial charge is 0.407 e. The summed E-state index contributed by atoms with van der Waals surface area (Å²) in [5.74, 6) is -1.47. The number of ketones is 1. The fourth-order valence-corrected chi connectivity index (χ4v) is 10.8. The van der Waals surface area contributed by atoms with Gasteiger partial charge in [-0.05, 0) is 28.3 Å². The Morgan fingerprint density at radius 3 is 2.05 bits per heavy atom. The molecule has 5 nitrogen and oxygen atoms in total. The second kappa shape index (κ2) is 11.5. The highest BCUT2D eigenvalue weighted by Gasteiger charge is 2.51. The van der Waals surface area contributed by atoms with Crippen LogP contribution >= 0.6 is 0 Å². The number of Topliss-reactive ketones (excluding diaryl/α,β-unsaturated/α-hetero) is 1. The molecule has 0 radical (unpaired) electrons. The van der Waals surface area contributed by atoms with E-state index >= 15 is 0 Å². The summed E-state index contributed by atoms with van der Waals surface area (Å²) in [4.78, 5) is 13.3. The second-order valence-electron chi connectivity index (χ2n) is 12.0. The molecule has 1 heterocycles. The molecule has 4 atom stereocenters. The molecule has 2 fully saturated rings. The van der Waals surface area contributed by atoms with Crippen LogP contribution in [-0.2, 0) is 18.7 Å². The quantitative estimate of drug-likeness (QED) is 0.476. The maximum atomic E-state index is 13.3. The van der Waals surface area contributed by atoms with Crippen LogP contribution in [0, 0.1) is 11.8 Å². The Morgan fingerprint density at radius 2 is 1.54 bits per heavy atom. The Bertz CT molecular complexity index is 973. The van der Waals surface area contributed by atoms with Crippen molar-refractivity contribution in [2.24, 2.45) is 11.8 Å². The lowest BCUT2D eigenvalue weighted by Crippen LogP contribution is -2.67. The van der Waals surface area contributed by atoms with E-state index < -0.39 is 32.2 Å². The van der Waals surface area contributed by atoms with Crippen molar-refractivity contribution in [3.8, 4) is 0 Å². The van der Waals surface area contributed by atoms with Gasteiger partial charge in [-0.3, -0.25) is 4.79 Å². The molecule has 0 amide bonds. The Balaban J connectivity index is 1.49. The first-order chi connectivity index (χ1) is 17.6. The molecule has 37 heavy (non-hydrogen) atoms. The first kappa shape index (κ1) is 28.2. The summed E-state index contributed by atoms with van der Waals surface area (Å²) in [5.41, 5.74) is 0. The molecule has 1 saturated heterocycles. The number of rotatable bonds is 9. The van der Waals surface area contributed by atoms with Crippen LogP contribution in [0.1, 0.15) is 66.7 Å². The van der Waals surface area contributed by atoms with Crippen molar-refractivity contribution in [1.82, 2.24) is 0 Å². The van der Waals surface area contributed by atoms with E-state index in [0.29, 0.717) is 6.61 Å². The fourth-order valence-electron chi connectivity index (χ4n) is 6.12. The lowest BCUT2D eigenvalue weighted by atomic mass is 9.88. The summed E-state index contributed by atoms with van der Waals surface area (Å²) < 4.78 is 19.2. The lowest BCUT2D eigenvalue weighted by molar-refractivity contribution is -0.190. The minimum atomic E-state index is -2.71. The van der Waals surface area contributed by atoms with E-state index in [2.05, 4.69) is 69.3 Å². The highest BCUT2D eigenvalue weighted by molar-refractivity contribution is 6.99. The minimum absolute atomic E-state index is 0.0766. The van der Waals surface area contributed by atoms with Crippen molar-refractivity contribution in [2.45, 2.75) is 89.8 Å². The van der Waals surface area contributed by atoms with Crippen LogP contribution in [0.3, 0.4) is 0 Å². The predicted octanol–water partition coefficient (Wildman–Crippen LogP) is 4.84. The SMILES string of the molecule is C[C@@H](CO[Si](c1ccccc1)(c1ccccc1)C(C)(C)C)[C@H](O)[C@@H](C)C(=O)[C@@H]1COC2(CCCCC2)O1. The van der Waals surface area contributed by atoms with E-state index in [1.54, 1.807) is 0 Å². The van der Waals surface area contributed by atoms with Gasteiger partial charge in [0, 0.05) is 31.3 Å². The molecule has 202 valence electrons. The lowest BCUT2D eigenvalue weighted by Gasteiger charge is -2.44. The molecule has 0 bridgehead atoms. The number of carbonyl (C=O) groups excluding carboxylic acids is 1. The standard InChI is InChI=1S/C31H44O5Si/c1-23(28(32)24(2)29(33)27-22-34-31(36-27)19-13-8-14-20-31)21-35-37(30(3,4)5,25-15-9-6-10-16-25)26-17-11-7-12-18-26/h6-7,9-12,15-18,23-24,27-28,32H,8,13-14,19-22H2,1-5H3/t23-,24+,27-,28-/m0/s1. The van der Waals surface area contributed by atoms with Gasteiger partial charge in [0.15, 0.2) is 11.6 Å². The van der Waals surface area contributed by atoms with Gasteiger partial charge in [-0.25, -0.2) is 0 Å². The molecular weight excluding hydrogens is 480 g/mol. The smallest absolute Gasteiger partial charge is 0.261 e. The van der Waals surface area contributed by atoms with Crippen LogP contribution < -0.4 is 10.4 Å². The molecule has 1 spiro atoms. The van der Waals surface area contributed by atoms with Crippen LogP contribution in [0.5, 0.6) is 0 Å². The normalized spacial score (nSPS) is 22.5. The molecule has 2 aromatic rings. The van der Waals surface area contributed by atoms with Crippen LogP contribution in [0.15, 0.2) is 60.7 Å². The summed E-state index contributed by atoms with van der Waals surface area (Å²) >= 11 is 0. The highest BCUT2D eigenvalue weighted by atomic mass is 28.4. The topological polar surface area (TPSA) is 65.0 Å². The maximum absolute atomic E-state index is 13.3. The van der Waals surface area contributed by atoms with Crippen LogP contribution in [0.2, 0.25) is 5.04 Å². The average molecular weight is 525 g/mol. The Kier molecular flexibility index (Phi) is 8.76. The van der Waals surface area contributed by atoms with Crippen molar-refractivity contribution in [1.29, 1.82) is 0 Å². The van der Waals surface area contributed by atoms with Crippen molar-refractivity contribution in [3.05, 3.63) is 60.7 Å².